The molecule has 9 heteroatoms. The second kappa shape index (κ2) is 8.43. The van der Waals surface area contributed by atoms with Gasteiger partial charge in [-0.15, -0.1) is 0 Å². The Hall–Kier alpha value is -2.94. The summed E-state index contributed by atoms with van der Waals surface area (Å²) in [7, 11) is 0. The van der Waals surface area contributed by atoms with Gasteiger partial charge < -0.3 is 20.1 Å². The van der Waals surface area contributed by atoms with Crippen molar-refractivity contribution >= 4 is 23.0 Å². The molecule has 2 N–H and O–H groups in total. The van der Waals surface area contributed by atoms with Crippen molar-refractivity contribution in [1.29, 1.82) is 0 Å². The first-order valence-corrected chi connectivity index (χ1v) is 8.52. The molecule has 2 aromatic rings. The summed E-state index contributed by atoms with van der Waals surface area (Å²) in [6.45, 7) is 3.68. The first-order valence-electron chi connectivity index (χ1n) is 8.52. The molecule has 1 saturated heterocycles. The van der Waals surface area contributed by atoms with Crippen molar-refractivity contribution in [3.8, 4) is 5.75 Å². The molecule has 1 aliphatic rings. The number of hydrogen-bond donors (Lipinski definition) is 2. The minimum atomic E-state index is -0.491. The summed E-state index contributed by atoms with van der Waals surface area (Å²) in [4.78, 5) is 19.1. The van der Waals surface area contributed by atoms with Gasteiger partial charge in [-0.2, -0.15) is 0 Å². The molecule has 1 aromatic carbocycles. The van der Waals surface area contributed by atoms with Gasteiger partial charge in [0.05, 0.1) is 17.6 Å². The summed E-state index contributed by atoms with van der Waals surface area (Å²) in [5.41, 5.74) is 0.472. The number of aromatic nitrogens is 2. The van der Waals surface area contributed by atoms with Crippen LogP contribution in [0, 0.1) is 10.1 Å². The molecule has 0 saturated carbocycles. The molecule has 0 amide bonds. The number of anilines is 3. The predicted molar refractivity (Wildman–Crippen MR) is 97.0 cm³/mol. The van der Waals surface area contributed by atoms with Crippen LogP contribution in [0.3, 0.4) is 0 Å². The molecule has 1 atom stereocenters. The third-order valence-corrected chi connectivity index (χ3v) is 3.95. The van der Waals surface area contributed by atoms with E-state index in [1.807, 2.05) is 6.92 Å². The van der Waals surface area contributed by atoms with E-state index < -0.39 is 4.92 Å². The summed E-state index contributed by atoms with van der Waals surface area (Å²) in [6.07, 6.45) is 3.28. The Kier molecular flexibility index (Phi) is 5.80. The minimum Gasteiger partial charge on any atom is -0.494 e. The lowest BCUT2D eigenvalue weighted by molar-refractivity contribution is -0.383. The number of nitro groups is 1. The topological polar surface area (TPSA) is 111 Å². The van der Waals surface area contributed by atoms with Crippen molar-refractivity contribution in [2.75, 3.05) is 30.4 Å². The quantitative estimate of drug-likeness (QED) is 0.546. The molecule has 26 heavy (non-hydrogen) atoms. The highest BCUT2D eigenvalue weighted by atomic mass is 16.6. The molecule has 0 spiro atoms. The fraction of sp³-hybridized carbons (Fsp3) is 0.412. The number of benzene rings is 1. The molecule has 1 aliphatic heterocycles. The van der Waals surface area contributed by atoms with E-state index >= 15 is 0 Å². The number of nitrogens with one attached hydrogen (secondary N) is 2. The number of ether oxygens (including phenoxy) is 2. The van der Waals surface area contributed by atoms with Crippen molar-refractivity contribution in [3.05, 3.63) is 40.7 Å². The molecule has 3 rings (SSSR count). The SMILES string of the molecule is CCOc1ccc(Nc2ncnc(NCC3CCCO3)c2[N+](=O)[O-])cc1. The first-order chi connectivity index (χ1) is 12.7. The Bertz CT molecular complexity index is 747. The van der Waals surface area contributed by atoms with Crippen LogP contribution in [0.4, 0.5) is 23.0 Å². The van der Waals surface area contributed by atoms with E-state index in [2.05, 4.69) is 20.6 Å². The molecular weight excluding hydrogens is 338 g/mol. The maximum atomic E-state index is 11.6. The van der Waals surface area contributed by atoms with E-state index in [0.29, 0.717) is 18.8 Å². The van der Waals surface area contributed by atoms with Crippen molar-refractivity contribution in [2.24, 2.45) is 0 Å². The van der Waals surface area contributed by atoms with Gasteiger partial charge in [-0.1, -0.05) is 0 Å². The average molecular weight is 359 g/mol. The fourth-order valence-electron chi connectivity index (χ4n) is 2.73. The largest absolute Gasteiger partial charge is 0.494 e. The zero-order chi connectivity index (χ0) is 18.4. The summed E-state index contributed by atoms with van der Waals surface area (Å²) in [5, 5.41) is 17.5. The van der Waals surface area contributed by atoms with Gasteiger partial charge in [-0.05, 0) is 44.0 Å². The van der Waals surface area contributed by atoms with Gasteiger partial charge in [-0.25, -0.2) is 9.97 Å². The molecule has 1 aromatic heterocycles. The Morgan fingerprint density at radius 3 is 2.73 bits per heavy atom. The molecule has 0 bridgehead atoms. The summed E-state index contributed by atoms with van der Waals surface area (Å²) < 4.78 is 10.9. The molecule has 2 heterocycles. The van der Waals surface area contributed by atoms with Gasteiger partial charge in [0.2, 0.25) is 11.6 Å². The van der Waals surface area contributed by atoms with Gasteiger partial charge in [0.25, 0.3) is 0 Å². The van der Waals surface area contributed by atoms with Crippen LogP contribution in [0.1, 0.15) is 19.8 Å². The van der Waals surface area contributed by atoms with Gasteiger partial charge >= 0.3 is 5.69 Å². The monoisotopic (exact) mass is 359 g/mol. The zero-order valence-corrected chi connectivity index (χ0v) is 14.5. The molecule has 9 nitrogen and oxygen atoms in total. The maximum absolute atomic E-state index is 11.6. The van der Waals surface area contributed by atoms with E-state index in [9.17, 15) is 10.1 Å². The number of rotatable bonds is 8. The Balaban J connectivity index is 1.77. The van der Waals surface area contributed by atoms with Crippen LogP contribution >= 0.6 is 0 Å². The zero-order valence-electron chi connectivity index (χ0n) is 14.5. The lowest BCUT2D eigenvalue weighted by Gasteiger charge is -2.13. The standard InChI is InChI=1S/C17H21N5O4/c1-2-25-13-7-5-12(6-8-13)21-17-15(22(23)24)16(19-11-20-17)18-10-14-4-3-9-26-14/h5-8,11,14H,2-4,9-10H2,1H3,(H2,18,19,20,21). The fourth-order valence-corrected chi connectivity index (χ4v) is 2.73. The van der Waals surface area contributed by atoms with Gasteiger partial charge in [0.15, 0.2) is 0 Å². The molecule has 138 valence electrons. The van der Waals surface area contributed by atoms with Gasteiger partial charge in [0, 0.05) is 18.8 Å². The molecule has 1 fully saturated rings. The van der Waals surface area contributed by atoms with Crippen LogP contribution in [0.15, 0.2) is 30.6 Å². The predicted octanol–water partition coefficient (Wildman–Crippen LogP) is 3.12. The lowest BCUT2D eigenvalue weighted by Crippen LogP contribution is -2.20. The summed E-state index contributed by atoms with van der Waals surface area (Å²) in [5.74, 6) is 1.03. The lowest BCUT2D eigenvalue weighted by atomic mass is 10.2. The van der Waals surface area contributed by atoms with Crippen LogP contribution in [0.2, 0.25) is 0 Å². The molecule has 0 aliphatic carbocycles. The van der Waals surface area contributed by atoms with Crippen LogP contribution in [-0.4, -0.2) is 40.8 Å². The van der Waals surface area contributed by atoms with E-state index in [0.717, 1.165) is 25.2 Å². The summed E-state index contributed by atoms with van der Waals surface area (Å²) >= 11 is 0. The van der Waals surface area contributed by atoms with Gasteiger partial charge in [0.1, 0.15) is 12.1 Å². The minimum absolute atomic E-state index is 0.0482. The second-order valence-corrected chi connectivity index (χ2v) is 5.77. The van der Waals surface area contributed by atoms with E-state index in [1.165, 1.54) is 6.33 Å². The van der Waals surface area contributed by atoms with Crippen LogP contribution in [-0.2, 0) is 4.74 Å². The van der Waals surface area contributed by atoms with Crippen LogP contribution < -0.4 is 15.4 Å². The third-order valence-electron chi connectivity index (χ3n) is 3.95. The number of nitrogens with zero attached hydrogens (tertiary/aromatic N) is 3. The Morgan fingerprint density at radius 1 is 1.31 bits per heavy atom. The van der Waals surface area contributed by atoms with Crippen molar-refractivity contribution in [3.63, 3.8) is 0 Å². The first kappa shape index (κ1) is 17.9. The third kappa shape index (κ3) is 4.37. The summed E-state index contributed by atoms with van der Waals surface area (Å²) in [6, 6.07) is 7.12. The van der Waals surface area contributed by atoms with E-state index in [-0.39, 0.29) is 23.4 Å². The molecule has 0 radical (unpaired) electrons. The second-order valence-electron chi connectivity index (χ2n) is 5.77. The van der Waals surface area contributed by atoms with E-state index in [4.69, 9.17) is 9.47 Å². The Morgan fingerprint density at radius 2 is 2.08 bits per heavy atom. The highest BCUT2D eigenvalue weighted by Gasteiger charge is 2.24. The average Bonchev–Trinajstić information content (AvgIpc) is 3.15. The smallest absolute Gasteiger partial charge is 0.353 e. The van der Waals surface area contributed by atoms with Crippen molar-refractivity contribution in [2.45, 2.75) is 25.9 Å². The van der Waals surface area contributed by atoms with E-state index in [1.54, 1.807) is 24.3 Å². The van der Waals surface area contributed by atoms with Crippen molar-refractivity contribution < 1.29 is 14.4 Å². The van der Waals surface area contributed by atoms with Crippen molar-refractivity contribution in [1.82, 2.24) is 9.97 Å². The normalized spacial score (nSPS) is 16.3. The van der Waals surface area contributed by atoms with Gasteiger partial charge in [-0.3, -0.25) is 10.1 Å². The highest BCUT2D eigenvalue weighted by Crippen LogP contribution is 2.31. The Labute approximate surface area is 150 Å². The molecule has 1 unspecified atom stereocenters. The van der Waals surface area contributed by atoms with Crippen LogP contribution in [0.25, 0.3) is 0 Å². The van der Waals surface area contributed by atoms with Crippen LogP contribution in [0.5, 0.6) is 5.75 Å². The number of hydrogen-bond acceptors (Lipinski definition) is 8. The highest BCUT2D eigenvalue weighted by molar-refractivity contribution is 5.73. The molecular formula is C17H21N5O4. The maximum Gasteiger partial charge on any atom is 0.353 e.